The summed E-state index contributed by atoms with van der Waals surface area (Å²) >= 11 is 1.73. The predicted octanol–water partition coefficient (Wildman–Crippen LogP) is 3.03. The molecule has 0 atom stereocenters. The van der Waals surface area contributed by atoms with Gasteiger partial charge in [-0.2, -0.15) is 11.3 Å². The van der Waals surface area contributed by atoms with E-state index in [1.54, 1.807) is 29.5 Å². The number of nitrogens with one attached hydrogen (secondary N) is 1. The number of carbonyl (C=O) groups is 1. The number of amides is 1. The maximum absolute atomic E-state index is 13.5. The molecule has 1 aliphatic heterocycles. The highest BCUT2D eigenvalue weighted by Gasteiger charge is 2.18. The molecule has 2 aromatic rings. The van der Waals surface area contributed by atoms with Gasteiger partial charge in [-0.1, -0.05) is 12.1 Å². The Balaban J connectivity index is 1.37. The molecule has 4 nitrogen and oxygen atoms in total. The SMILES string of the molecule is O=C(CCN1CCN(Cc2ccsc2)CC1)Nc1ccccc1F. The molecule has 0 radical (unpaired) electrons. The highest BCUT2D eigenvalue weighted by Crippen LogP contribution is 2.14. The highest BCUT2D eigenvalue weighted by atomic mass is 32.1. The maximum Gasteiger partial charge on any atom is 0.225 e. The Kier molecular flexibility index (Phi) is 5.96. The van der Waals surface area contributed by atoms with E-state index < -0.39 is 5.82 Å². The van der Waals surface area contributed by atoms with E-state index in [4.69, 9.17) is 0 Å². The molecule has 2 heterocycles. The van der Waals surface area contributed by atoms with Crippen molar-refractivity contribution in [1.82, 2.24) is 9.80 Å². The van der Waals surface area contributed by atoms with Gasteiger partial charge in [0, 0.05) is 45.7 Å². The van der Waals surface area contributed by atoms with Gasteiger partial charge in [-0.05, 0) is 34.5 Å². The number of benzene rings is 1. The average Bonchev–Trinajstić information content (AvgIpc) is 3.09. The van der Waals surface area contributed by atoms with E-state index in [2.05, 4.69) is 31.9 Å². The van der Waals surface area contributed by atoms with Crippen LogP contribution in [0.25, 0.3) is 0 Å². The molecular weight excluding hydrogens is 325 g/mol. The third-order valence-corrected chi connectivity index (χ3v) is 4.99. The number of hydrogen-bond donors (Lipinski definition) is 1. The van der Waals surface area contributed by atoms with Crippen molar-refractivity contribution in [3.8, 4) is 0 Å². The van der Waals surface area contributed by atoms with Crippen molar-refractivity contribution in [2.75, 3.05) is 38.0 Å². The van der Waals surface area contributed by atoms with Gasteiger partial charge in [-0.3, -0.25) is 9.69 Å². The summed E-state index contributed by atoms with van der Waals surface area (Å²) in [6.07, 6.45) is 0.388. The van der Waals surface area contributed by atoms with Crippen LogP contribution >= 0.6 is 11.3 Å². The number of hydrogen-bond acceptors (Lipinski definition) is 4. The fourth-order valence-electron chi connectivity index (χ4n) is 2.85. The fourth-order valence-corrected chi connectivity index (χ4v) is 3.51. The Morgan fingerprint density at radius 1 is 1.12 bits per heavy atom. The lowest BCUT2D eigenvalue weighted by Gasteiger charge is -2.34. The number of anilines is 1. The topological polar surface area (TPSA) is 35.6 Å². The van der Waals surface area contributed by atoms with E-state index in [-0.39, 0.29) is 11.6 Å². The molecule has 0 aliphatic carbocycles. The molecule has 1 amide bonds. The van der Waals surface area contributed by atoms with Gasteiger partial charge < -0.3 is 10.2 Å². The van der Waals surface area contributed by atoms with Gasteiger partial charge in [0.15, 0.2) is 0 Å². The second-order valence-corrected chi connectivity index (χ2v) is 6.81. The minimum Gasteiger partial charge on any atom is -0.324 e. The third kappa shape index (κ3) is 4.87. The van der Waals surface area contributed by atoms with E-state index >= 15 is 0 Å². The summed E-state index contributed by atoms with van der Waals surface area (Å²) < 4.78 is 13.5. The van der Waals surface area contributed by atoms with Crippen LogP contribution in [-0.2, 0) is 11.3 Å². The second-order valence-electron chi connectivity index (χ2n) is 6.03. The summed E-state index contributed by atoms with van der Waals surface area (Å²) in [4.78, 5) is 16.7. The molecule has 1 saturated heterocycles. The molecule has 128 valence electrons. The van der Waals surface area contributed by atoms with Crippen molar-refractivity contribution in [3.63, 3.8) is 0 Å². The molecule has 0 saturated carbocycles. The van der Waals surface area contributed by atoms with Crippen molar-refractivity contribution in [1.29, 1.82) is 0 Å². The van der Waals surface area contributed by atoms with Crippen LogP contribution in [0, 0.1) is 5.82 Å². The molecule has 0 unspecified atom stereocenters. The first-order chi connectivity index (χ1) is 11.7. The summed E-state index contributed by atoms with van der Waals surface area (Å²) in [6.45, 7) is 5.70. The summed E-state index contributed by atoms with van der Waals surface area (Å²) in [6, 6.07) is 8.43. The minimum atomic E-state index is -0.395. The van der Waals surface area contributed by atoms with E-state index in [9.17, 15) is 9.18 Å². The largest absolute Gasteiger partial charge is 0.324 e. The quantitative estimate of drug-likeness (QED) is 0.872. The fraction of sp³-hybridized carbons (Fsp3) is 0.389. The van der Waals surface area contributed by atoms with Gasteiger partial charge in [0.1, 0.15) is 5.82 Å². The van der Waals surface area contributed by atoms with Gasteiger partial charge in [-0.15, -0.1) is 0 Å². The lowest BCUT2D eigenvalue weighted by atomic mass is 10.2. The first-order valence-corrected chi connectivity index (χ1v) is 9.15. The predicted molar refractivity (Wildman–Crippen MR) is 95.7 cm³/mol. The average molecular weight is 347 g/mol. The van der Waals surface area contributed by atoms with Crippen molar-refractivity contribution in [3.05, 3.63) is 52.5 Å². The summed E-state index contributed by atoms with van der Waals surface area (Å²) in [5.41, 5.74) is 1.63. The van der Waals surface area contributed by atoms with Crippen molar-refractivity contribution >= 4 is 22.9 Å². The normalized spacial score (nSPS) is 16.2. The van der Waals surface area contributed by atoms with Crippen LogP contribution in [0.15, 0.2) is 41.1 Å². The molecule has 0 spiro atoms. The van der Waals surface area contributed by atoms with E-state index in [0.29, 0.717) is 13.0 Å². The first-order valence-electron chi connectivity index (χ1n) is 8.21. The molecular formula is C18H22FN3OS. The molecule has 1 aliphatic rings. The van der Waals surface area contributed by atoms with Crippen LogP contribution in [0.4, 0.5) is 10.1 Å². The zero-order valence-electron chi connectivity index (χ0n) is 13.6. The lowest BCUT2D eigenvalue weighted by Crippen LogP contribution is -2.46. The zero-order valence-corrected chi connectivity index (χ0v) is 14.4. The van der Waals surface area contributed by atoms with Crippen LogP contribution in [0.1, 0.15) is 12.0 Å². The van der Waals surface area contributed by atoms with Crippen molar-refractivity contribution in [2.45, 2.75) is 13.0 Å². The van der Waals surface area contributed by atoms with Gasteiger partial charge in [0.05, 0.1) is 5.69 Å². The smallest absolute Gasteiger partial charge is 0.225 e. The molecule has 1 aromatic carbocycles. The molecule has 0 bridgehead atoms. The number of piperazine rings is 1. The molecule has 6 heteroatoms. The van der Waals surface area contributed by atoms with Crippen LogP contribution in [0.5, 0.6) is 0 Å². The first kappa shape index (κ1) is 17.1. The van der Waals surface area contributed by atoms with Gasteiger partial charge in [0.25, 0.3) is 0 Å². The number of nitrogens with zero attached hydrogens (tertiary/aromatic N) is 2. The van der Waals surface area contributed by atoms with Crippen molar-refractivity contribution < 1.29 is 9.18 Å². The van der Waals surface area contributed by atoms with Crippen LogP contribution in [-0.4, -0.2) is 48.4 Å². The number of carbonyl (C=O) groups excluding carboxylic acids is 1. The molecule has 1 aromatic heterocycles. The Morgan fingerprint density at radius 3 is 2.58 bits per heavy atom. The Labute approximate surface area is 145 Å². The zero-order chi connectivity index (χ0) is 16.8. The second kappa shape index (κ2) is 8.37. The summed E-state index contributed by atoms with van der Waals surface area (Å²) in [7, 11) is 0. The van der Waals surface area contributed by atoms with Gasteiger partial charge in [-0.25, -0.2) is 4.39 Å². The standard InChI is InChI=1S/C18H22FN3OS/c19-16-3-1-2-4-17(16)20-18(23)5-7-21-8-10-22(11-9-21)13-15-6-12-24-14-15/h1-4,6,12,14H,5,7-11,13H2,(H,20,23). The minimum absolute atomic E-state index is 0.138. The van der Waals surface area contributed by atoms with E-state index in [1.165, 1.54) is 11.6 Å². The molecule has 1 fully saturated rings. The van der Waals surface area contributed by atoms with E-state index in [1.807, 2.05) is 0 Å². The summed E-state index contributed by atoms with van der Waals surface area (Å²) in [5, 5.41) is 6.94. The monoisotopic (exact) mass is 347 g/mol. The molecule has 24 heavy (non-hydrogen) atoms. The number of thiophene rings is 1. The lowest BCUT2D eigenvalue weighted by molar-refractivity contribution is -0.116. The number of rotatable bonds is 6. The maximum atomic E-state index is 13.5. The Bertz CT molecular complexity index is 654. The van der Waals surface area contributed by atoms with Crippen LogP contribution in [0.2, 0.25) is 0 Å². The molecule has 3 rings (SSSR count). The Morgan fingerprint density at radius 2 is 1.88 bits per heavy atom. The van der Waals surface area contributed by atoms with E-state index in [0.717, 1.165) is 32.7 Å². The number of para-hydroxylation sites is 1. The third-order valence-electron chi connectivity index (χ3n) is 4.25. The highest BCUT2D eigenvalue weighted by molar-refractivity contribution is 7.07. The van der Waals surface area contributed by atoms with Crippen molar-refractivity contribution in [2.24, 2.45) is 0 Å². The van der Waals surface area contributed by atoms with Gasteiger partial charge >= 0.3 is 0 Å². The van der Waals surface area contributed by atoms with Gasteiger partial charge in [0.2, 0.25) is 5.91 Å². The van der Waals surface area contributed by atoms with Crippen LogP contribution < -0.4 is 5.32 Å². The number of halogens is 1. The summed E-state index contributed by atoms with van der Waals surface area (Å²) in [5.74, 6) is -0.534. The Hall–Kier alpha value is -1.76. The van der Waals surface area contributed by atoms with Crippen LogP contribution in [0.3, 0.4) is 0 Å². The molecule has 1 N–H and O–H groups in total.